The number of hydrogen-bond acceptors (Lipinski definition) is 3. The van der Waals surface area contributed by atoms with Gasteiger partial charge in [-0.25, -0.2) is 9.18 Å². The van der Waals surface area contributed by atoms with Crippen LogP contribution in [-0.4, -0.2) is 35.6 Å². The van der Waals surface area contributed by atoms with Crippen molar-refractivity contribution in [3.05, 3.63) is 0 Å². The van der Waals surface area contributed by atoms with E-state index in [1.165, 1.54) is 0 Å². The van der Waals surface area contributed by atoms with Gasteiger partial charge in [0.2, 0.25) is 6.17 Å². The van der Waals surface area contributed by atoms with Crippen LogP contribution < -0.4 is 0 Å². The lowest BCUT2D eigenvalue weighted by molar-refractivity contribution is -0.280. The minimum Gasteiger partial charge on any atom is -0.397 e. The highest BCUT2D eigenvalue weighted by molar-refractivity contribution is 5.74. The Bertz CT molecular complexity index is 249. The van der Waals surface area contributed by atoms with Crippen molar-refractivity contribution in [3.63, 3.8) is 0 Å². The first-order valence-corrected chi connectivity index (χ1v) is 3.95. The predicted octanol–water partition coefficient (Wildman–Crippen LogP) is 1.79. The van der Waals surface area contributed by atoms with Crippen LogP contribution in [0.3, 0.4) is 0 Å². The predicted molar refractivity (Wildman–Crippen MR) is 38.3 cm³/mol. The maximum Gasteiger partial charge on any atom is 0.432 e. The molecule has 0 spiro atoms. The molecule has 0 aromatic carbocycles. The van der Waals surface area contributed by atoms with E-state index in [-0.39, 0.29) is 0 Å². The third-order valence-electron chi connectivity index (χ3n) is 1.35. The summed E-state index contributed by atoms with van der Waals surface area (Å²) in [6.07, 6.45) is -18.2. The molecule has 0 fully saturated rings. The van der Waals surface area contributed by atoms with Crippen molar-refractivity contribution in [1.82, 2.24) is 0 Å². The zero-order valence-corrected chi connectivity index (χ0v) is 7.89. The molecular weight excluding hydrogens is 246 g/mol. The van der Waals surface area contributed by atoms with Crippen molar-refractivity contribution in [2.45, 2.75) is 37.9 Å². The number of aliphatic hydroxyl groups excluding tert-OH is 1. The van der Waals surface area contributed by atoms with Crippen LogP contribution in [0.2, 0.25) is 0 Å². The Morgan fingerprint density at radius 3 is 2.06 bits per heavy atom. The van der Waals surface area contributed by atoms with Gasteiger partial charge in [0.15, 0.2) is 0 Å². The van der Waals surface area contributed by atoms with Crippen molar-refractivity contribution in [1.29, 1.82) is 0 Å². The van der Waals surface area contributed by atoms with Crippen molar-refractivity contribution in [3.8, 4) is 0 Å². The summed E-state index contributed by atoms with van der Waals surface area (Å²) >= 11 is 0. The van der Waals surface area contributed by atoms with E-state index in [1.54, 1.807) is 0 Å². The molecule has 0 bridgehead atoms. The summed E-state index contributed by atoms with van der Waals surface area (Å²) in [6, 6.07) is 0. The molecule has 0 heterocycles. The van der Waals surface area contributed by atoms with E-state index in [1.807, 2.05) is 0 Å². The Morgan fingerprint density at radius 1 is 1.31 bits per heavy atom. The van der Waals surface area contributed by atoms with Crippen LogP contribution in [0.25, 0.3) is 0 Å². The molecule has 96 valence electrons. The van der Waals surface area contributed by atoms with Gasteiger partial charge >= 0.3 is 18.3 Å². The number of ether oxygens (including phenoxy) is 1. The lowest BCUT2D eigenvalue weighted by atomic mass is 10.2. The summed E-state index contributed by atoms with van der Waals surface area (Å²) in [4.78, 5) is 10.4. The molecule has 0 saturated heterocycles. The summed E-state index contributed by atoms with van der Waals surface area (Å²) < 4.78 is 75.3. The Morgan fingerprint density at radius 2 is 1.75 bits per heavy atom. The molecule has 2 atom stereocenters. The quantitative estimate of drug-likeness (QED) is 0.614. The number of alkyl halides is 6. The Labute approximate surface area is 86.0 Å². The monoisotopic (exact) mass is 254 g/mol. The molecule has 0 radical (unpaired) electrons. The van der Waals surface area contributed by atoms with Gasteiger partial charge in [-0.3, -0.25) is 0 Å². The average molecular weight is 254 g/mol. The van der Waals surface area contributed by atoms with Crippen molar-refractivity contribution < 1.29 is 41.0 Å². The summed E-state index contributed by atoms with van der Waals surface area (Å²) in [5.41, 5.74) is 0. The fourth-order valence-corrected chi connectivity index (χ4v) is 0.605. The smallest absolute Gasteiger partial charge is 0.397 e. The lowest BCUT2D eigenvalue weighted by Crippen LogP contribution is -2.40. The zero-order chi connectivity index (χ0) is 13.1. The molecule has 0 rings (SSSR count). The molecule has 0 aromatic rings. The van der Waals surface area contributed by atoms with E-state index in [4.69, 9.17) is 5.11 Å². The molecule has 0 aromatic heterocycles. The number of carbonyl (C=O) groups is 1. The molecule has 2 unspecified atom stereocenters. The maximum absolute atomic E-state index is 12.5. The molecule has 0 saturated carbocycles. The SMILES string of the molecule is CC(O)C(=O)OC(F)(F)C(F)CC(F)(F)F. The van der Waals surface area contributed by atoms with Gasteiger partial charge in [0.1, 0.15) is 6.10 Å². The van der Waals surface area contributed by atoms with Gasteiger partial charge in [-0.1, -0.05) is 0 Å². The molecule has 1 N–H and O–H groups in total. The Balaban J connectivity index is 4.48. The molecule has 0 amide bonds. The van der Waals surface area contributed by atoms with E-state index in [0.717, 1.165) is 6.92 Å². The fourth-order valence-electron chi connectivity index (χ4n) is 0.605. The zero-order valence-electron chi connectivity index (χ0n) is 7.89. The van der Waals surface area contributed by atoms with Gasteiger partial charge in [-0.2, -0.15) is 22.0 Å². The molecule has 3 nitrogen and oxygen atoms in total. The van der Waals surface area contributed by atoms with Crippen molar-refractivity contribution >= 4 is 5.97 Å². The summed E-state index contributed by atoms with van der Waals surface area (Å²) in [6.45, 7) is 0.745. The lowest BCUT2D eigenvalue weighted by Gasteiger charge is -2.21. The van der Waals surface area contributed by atoms with Crippen LogP contribution in [0, 0.1) is 0 Å². The summed E-state index contributed by atoms with van der Waals surface area (Å²) in [5.74, 6) is -1.91. The standard InChI is InChI=1S/C7H8F6O3/c1-3(14)5(15)16-7(12,13)4(8)2-6(9,10)11/h3-4,14H,2H2,1H3. The third-order valence-corrected chi connectivity index (χ3v) is 1.35. The van der Waals surface area contributed by atoms with Crippen LogP contribution in [-0.2, 0) is 9.53 Å². The largest absolute Gasteiger partial charge is 0.432 e. The normalized spacial score (nSPS) is 16.8. The number of halogens is 6. The Hall–Kier alpha value is -0.990. The topological polar surface area (TPSA) is 46.5 Å². The molecule has 0 aliphatic rings. The molecule has 0 aliphatic carbocycles. The van der Waals surface area contributed by atoms with Gasteiger partial charge in [-0.05, 0) is 6.92 Å². The van der Waals surface area contributed by atoms with Gasteiger partial charge < -0.3 is 9.84 Å². The second-order valence-electron chi connectivity index (χ2n) is 2.95. The third kappa shape index (κ3) is 5.19. The molecule has 9 heteroatoms. The van der Waals surface area contributed by atoms with E-state index >= 15 is 0 Å². The van der Waals surface area contributed by atoms with Crippen molar-refractivity contribution in [2.75, 3.05) is 0 Å². The highest BCUT2D eigenvalue weighted by atomic mass is 19.4. The Kier molecular flexibility index (Phi) is 4.59. The highest BCUT2D eigenvalue weighted by Gasteiger charge is 2.50. The average Bonchev–Trinajstić information content (AvgIpc) is 1.99. The van der Waals surface area contributed by atoms with Crippen LogP contribution in [0.15, 0.2) is 0 Å². The van der Waals surface area contributed by atoms with Gasteiger partial charge in [0.05, 0.1) is 6.42 Å². The minimum atomic E-state index is -5.15. The summed E-state index contributed by atoms with van der Waals surface area (Å²) in [7, 11) is 0. The van der Waals surface area contributed by atoms with Crippen LogP contribution in [0.4, 0.5) is 26.3 Å². The first-order valence-electron chi connectivity index (χ1n) is 3.95. The molecular formula is C7H8F6O3. The van der Waals surface area contributed by atoms with Crippen LogP contribution in [0.1, 0.15) is 13.3 Å². The van der Waals surface area contributed by atoms with E-state index in [2.05, 4.69) is 4.74 Å². The van der Waals surface area contributed by atoms with Crippen molar-refractivity contribution in [2.24, 2.45) is 0 Å². The van der Waals surface area contributed by atoms with Gasteiger partial charge in [0, 0.05) is 0 Å². The minimum absolute atomic E-state index is 0.745. The summed E-state index contributed by atoms with van der Waals surface area (Å²) in [5, 5.41) is 8.45. The number of hydrogen-bond donors (Lipinski definition) is 1. The number of esters is 1. The van der Waals surface area contributed by atoms with Gasteiger partial charge in [0.25, 0.3) is 0 Å². The first-order chi connectivity index (χ1) is 6.96. The van der Waals surface area contributed by atoms with Crippen LogP contribution in [0.5, 0.6) is 0 Å². The molecule has 0 aliphatic heterocycles. The van der Waals surface area contributed by atoms with E-state index in [0.29, 0.717) is 0 Å². The maximum atomic E-state index is 12.5. The first kappa shape index (κ1) is 15.0. The molecule has 16 heavy (non-hydrogen) atoms. The number of carbonyl (C=O) groups excluding carboxylic acids is 1. The van der Waals surface area contributed by atoms with E-state index in [9.17, 15) is 31.1 Å². The second kappa shape index (κ2) is 4.89. The number of aliphatic hydroxyl groups is 1. The van der Waals surface area contributed by atoms with Gasteiger partial charge in [-0.15, -0.1) is 0 Å². The fraction of sp³-hybridized carbons (Fsp3) is 0.857. The van der Waals surface area contributed by atoms with E-state index < -0.39 is 37.0 Å². The number of rotatable bonds is 4. The second-order valence-corrected chi connectivity index (χ2v) is 2.95. The van der Waals surface area contributed by atoms with Crippen LogP contribution >= 0.6 is 0 Å². The highest BCUT2D eigenvalue weighted by Crippen LogP contribution is 2.32.